The Bertz CT molecular complexity index is 1150. The number of amides is 2. The number of aromatic nitrogens is 3. The number of halogens is 2. The van der Waals surface area contributed by atoms with E-state index < -0.39 is 5.92 Å². The average molecular weight is 529 g/mol. The summed E-state index contributed by atoms with van der Waals surface area (Å²) >= 11 is 0. The highest BCUT2D eigenvalue weighted by atomic mass is 19.3. The highest BCUT2D eigenvalue weighted by Crippen LogP contribution is 2.38. The number of benzene rings is 1. The predicted octanol–water partition coefficient (Wildman–Crippen LogP) is 3.83. The molecule has 11 heteroatoms. The van der Waals surface area contributed by atoms with Gasteiger partial charge in [-0.05, 0) is 37.2 Å². The van der Waals surface area contributed by atoms with Crippen LogP contribution in [0.15, 0.2) is 30.3 Å². The lowest BCUT2D eigenvalue weighted by Crippen LogP contribution is -2.56. The molecule has 2 amide bonds. The van der Waals surface area contributed by atoms with Crippen LogP contribution in [0.3, 0.4) is 0 Å². The van der Waals surface area contributed by atoms with Crippen molar-refractivity contribution in [1.82, 2.24) is 24.6 Å². The zero-order valence-corrected chi connectivity index (χ0v) is 21.5. The third-order valence-electron chi connectivity index (χ3n) is 8.48. The molecular weight excluding hydrogens is 494 g/mol. The van der Waals surface area contributed by atoms with Crippen LogP contribution < -0.4 is 4.90 Å². The molecule has 6 rings (SSSR count). The molecule has 1 aromatic carbocycles. The molecular formula is C27H34F2N6O3. The van der Waals surface area contributed by atoms with E-state index in [1.807, 2.05) is 35.0 Å². The second kappa shape index (κ2) is 10.1. The van der Waals surface area contributed by atoms with Crippen LogP contribution in [0.1, 0.15) is 56.3 Å². The Morgan fingerprint density at radius 1 is 0.974 bits per heavy atom. The van der Waals surface area contributed by atoms with Crippen LogP contribution in [0.25, 0.3) is 0 Å². The van der Waals surface area contributed by atoms with Gasteiger partial charge in [-0.2, -0.15) is 4.98 Å². The van der Waals surface area contributed by atoms with Crippen molar-refractivity contribution in [3.8, 4) is 0 Å². The number of ether oxygens (including phenoxy) is 1. The van der Waals surface area contributed by atoms with E-state index in [-0.39, 0.29) is 49.5 Å². The van der Waals surface area contributed by atoms with E-state index in [2.05, 4.69) is 4.90 Å². The standard InChI is InChI=1S/C27H34F2N6O3/c28-27(29)10-8-19(9-11-27)14-24(36)32-12-13-34-23(17-32)30-25(31-34)35-21-6-7-22(35)16-33(15-21)26(37)38-18-20-4-2-1-3-5-20/h1-5,19,21-22H,6-18H2. The molecule has 9 nitrogen and oxygen atoms in total. The number of carbonyl (C=O) groups is 2. The Kier molecular flexibility index (Phi) is 6.69. The van der Waals surface area contributed by atoms with E-state index in [4.69, 9.17) is 14.8 Å². The van der Waals surface area contributed by atoms with Gasteiger partial charge in [0, 0.05) is 38.9 Å². The highest BCUT2D eigenvalue weighted by Gasteiger charge is 2.44. The van der Waals surface area contributed by atoms with Gasteiger partial charge < -0.3 is 19.4 Å². The topological polar surface area (TPSA) is 83.8 Å². The van der Waals surface area contributed by atoms with Crippen LogP contribution in [0.5, 0.6) is 0 Å². The first kappa shape index (κ1) is 25.1. The van der Waals surface area contributed by atoms with Gasteiger partial charge >= 0.3 is 6.09 Å². The van der Waals surface area contributed by atoms with Crippen molar-refractivity contribution >= 4 is 17.9 Å². The Balaban J connectivity index is 1.04. The van der Waals surface area contributed by atoms with Crippen LogP contribution in [0, 0.1) is 5.92 Å². The summed E-state index contributed by atoms with van der Waals surface area (Å²) < 4.78 is 34.4. The van der Waals surface area contributed by atoms with Gasteiger partial charge in [-0.25, -0.2) is 18.3 Å². The number of anilines is 1. The second-order valence-electron chi connectivity index (χ2n) is 11.1. The van der Waals surface area contributed by atoms with Crippen molar-refractivity contribution in [3.05, 3.63) is 41.7 Å². The molecule has 3 aliphatic heterocycles. The Morgan fingerprint density at radius 2 is 1.68 bits per heavy atom. The van der Waals surface area contributed by atoms with Gasteiger partial charge in [-0.1, -0.05) is 30.3 Å². The maximum Gasteiger partial charge on any atom is 0.410 e. The summed E-state index contributed by atoms with van der Waals surface area (Å²) in [6, 6.07) is 9.92. The molecule has 2 bridgehead atoms. The number of carbonyl (C=O) groups excluding carboxylic acids is 2. The molecule has 2 aromatic rings. The molecule has 0 N–H and O–H groups in total. The minimum absolute atomic E-state index is 0.0127. The third kappa shape index (κ3) is 5.19. The van der Waals surface area contributed by atoms with Crippen LogP contribution in [-0.4, -0.2) is 74.2 Å². The zero-order valence-electron chi connectivity index (χ0n) is 21.5. The maximum atomic E-state index is 13.5. The Hall–Kier alpha value is -3.24. The molecule has 1 saturated carbocycles. The lowest BCUT2D eigenvalue weighted by atomic mass is 9.84. The van der Waals surface area contributed by atoms with Gasteiger partial charge in [-0.15, -0.1) is 5.10 Å². The van der Waals surface area contributed by atoms with Crippen LogP contribution in [-0.2, 0) is 29.2 Å². The van der Waals surface area contributed by atoms with Crippen molar-refractivity contribution in [3.63, 3.8) is 0 Å². The SMILES string of the molecule is O=C(CC1CCC(F)(F)CC1)N1CCn2nc(N3C4CCC3CN(C(=O)OCc3ccccc3)C4)nc2C1. The Morgan fingerprint density at radius 3 is 2.39 bits per heavy atom. The van der Waals surface area contributed by atoms with Gasteiger partial charge in [-0.3, -0.25) is 4.79 Å². The Labute approximate surface area is 220 Å². The maximum absolute atomic E-state index is 13.5. The fourth-order valence-electron chi connectivity index (χ4n) is 6.31. The summed E-state index contributed by atoms with van der Waals surface area (Å²) in [4.78, 5) is 36.3. The lowest BCUT2D eigenvalue weighted by Gasteiger charge is -2.39. The molecule has 1 aromatic heterocycles. The quantitative estimate of drug-likeness (QED) is 0.587. The molecule has 0 radical (unpaired) electrons. The van der Waals surface area contributed by atoms with E-state index in [9.17, 15) is 18.4 Å². The van der Waals surface area contributed by atoms with Crippen LogP contribution in [0.4, 0.5) is 19.5 Å². The van der Waals surface area contributed by atoms with E-state index >= 15 is 0 Å². The lowest BCUT2D eigenvalue weighted by molar-refractivity contribution is -0.135. The number of piperazine rings is 1. The minimum Gasteiger partial charge on any atom is -0.445 e. The molecule has 4 heterocycles. The summed E-state index contributed by atoms with van der Waals surface area (Å²) in [5.74, 6) is -1.12. The van der Waals surface area contributed by atoms with Crippen molar-refractivity contribution in [2.75, 3.05) is 24.5 Å². The number of fused-ring (bicyclic) bond motifs is 3. The van der Waals surface area contributed by atoms with Crippen LogP contribution in [0.2, 0.25) is 0 Å². The van der Waals surface area contributed by atoms with Gasteiger partial charge in [0.2, 0.25) is 17.8 Å². The summed E-state index contributed by atoms with van der Waals surface area (Å²) in [7, 11) is 0. The number of likely N-dealkylation sites (tertiary alicyclic amines) is 1. The zero-order chi connectivity index (χ0) is 26.3. The second-order valence-corrected chi connectivity index (χ2v) is 11.1. The molecule has 1 aliphatic carbocycles. The summed E-state index contributed by atoms with van der Waals surface area (Å²) in [6.45, 7) is 2.89. The molecule has 2 atom stereocenters. The minimum atomic E-state index is -2.58. The summed E-state index contributed by atoms with van der Waals surface area (Å²) in [6.07, 6.45) is 2.51. The van der Waals surface area contributed by atoms with Crippen molar-refractivity contribution < 1.29 is 23.1 Å². The smallest absolute Gasteiger partial charge is 0.410 e. The van der Waals surface area contributed by atoms with Crippen molar-refractivity contribution in [2.45, 2.75) is 82.6 Å². The molecule has 2 saturated heterocycles. The first-order chi connectivity index (χ1) is 18.3. The first-order valence-electron chi connectivity index (χ1n) is 13.7. The molecule has 38 heavy (non-hydrogen) atoms. The van der Waals surface area contributed by atoms with E-state index in [0.717, 1.165) is 24.2 Å². The molecule has 204 valence electrons. The molecule has 2 unspecified atom stereocenters. The summed E-state index contributed by atoms with van der Waals surface area (Å²) in [5, 5.41) is 4.76. The summed E-state index contributed by atoms with van der Waals surface area (Å²) in [5.41, 5.74) is 0.961. The van der Waals surface area contributed by atoms with E-state index in [1.165, 1.54) is 0 Å². The average Bonchev–Trinajstić information content (AvgIpc) is 3.45. The third-order valence-corrected chi connectivity index (χ3v) is 8.48. The fraction of sp³-hybridized carbons (Fsp3) is 0.630. The highest BCUT2D eigenvalue weighted by molar-refractivity contribution is 5.76. The molecule has 3 fully saturated rings. The largest absolute Gasteiger partial charge is 0.445 e. The fourth-order valence-corrected chi connectivity index (χ4v) is 6.31. The van der Waals surface area contributed by atoms with Crippen LogP contribution >= 0.6 is 0 Å². The van der Waals surface area contributed by atoms with Gasteiger partial charge in [0.25, 0.3) is 0 Å². The predicted molar refractivity (Wildman–Crippen MR) is 134 cm³/mol. The van der Waals surface area contributed by atoms with E-state index in [0.29, 0.717) is 57.9 Å². The monoisotopic (exact) mass is 528 g/mol. The van der Waals surface area contributed by atoms with Gasteiger partial charge in [0.1, 0.15) is 12.4 Å². The van der Waals surface area contributed by atoms with Gasteiger partial charge in [0.15, 0.2) is 0 Å². The number of hydrogen-bond donors (Lipinski definition) is 0. The number of hydrogen-bond acceptors (Lipinski definition) is 6. The number of rotatable bonds is 5. The number of nitrogens with zero attached hydrogens (tertiary/aromatic N) is 6. The number of alkyl halides is 2. The van der Waals surface area contributed by atoms with Crippen molar-refractivity contribution in [2.24, 2.45) is 5.92 Å². The van der Waals surface area contributed by atoms with E-state index in [1.54, 1.807) is 9.80 Å². The molecule has 0 spiro atoms. The molecule has 4 aliphatic rings. The normalized spacial score (nSPS) is 24.8. The van der Waals surface area contributed by atoms with Gasteiger partial charge in [0.05, 0.1) is 25.2 Å². The van der Waals surface area contributed by atoms with Crippen molar-refractivity contribution in [1.29, 1.82) is 0 Å². The first-order valence-corrected chi connectivity index (χ1v) is 13.7.